The van der Waals surface area contributed by atoms with Crippen molar-refractivity contribution < 1.29 is 9.59 Å². The lowest BCUT2D eigenvalue weighted by Gasteiger charge is -2.30. The van der Waals surface area contributed by atoms with E-state index in [0.29, 0.717) is 18.4 Å². The largest absolute Gasteiger partial charge is 0.354 e. The number of nitrogens with one attached hydrogen (secondary N) is 2. The van der Waals surface area contributed by atoms with E-state index in [2.05, 4.69) is 17.6 Å². The Hall–Kier alpha value is -1.10. The molecule has 1 aliphatic carbocycles. The quantitative estimate of drug-likeness (QED) is 0.684. The second kappa shape index (κ2) is 7.48. The lowest BCUT2D eigenvalue weighted by molar-refractivity contribution is -0.129. The zero-order valence-electron chi connectivity index (χ0n) is 12.2. The first-order chi connectivity index (χ1) is 8.88. The highest BCUT2D eigenvalue weighted by Crippen LogP contribution is 2.27. The van der Waals surface area contributed by atoms with Gasteiger partial charge in [0.15, 0.2) is 0 Å². The zero-order chi connectivity index (χ0) is 14.4. The average molecular weight is 269 g/mol. The Morgan fingerprint density at radius 1 is 1.21 bits per heavy atom. The number of rotatable bonds is 5. The summed E-state index contributed by atoms with van der Waals surface area (Å²) in [5.74, 6) is 0.680. The predicted octanol–water partition coefficient (Wildman–Crippen LogP) is 0.638. The molecule has 1 aliphatic rings. The van der Waals surface area contributed by atoms with Gasteiger partial charge in [0.2, 0.25) is 11.8 Å². The van der Waals surface area contributed by atoms with Crippen molar-refractivity contribution in [1.82, 2.24) is 10.6 Å². The van der Waals surface area contributed by atoms with Gasteiger partial charge in [-0.25, -0.2) is 0 Å². The lowest BCUT2D eigenvalue weighted by Crippen LogP contribution is -2.44. The Morgan fingerprint density at radius 3 is 2.47 bits per heavy atom. The molecule has 0 heterocycles. The molecule has 0 aromatic rings. The normalized spacial score (nSPS) is 27.1. The molecule has 0 radical (unpaired) electrons. The molecule has 5 heteroatoms. The minimum Gasteiger partial charge on any atom is -0.354 e. The van der Waals surface area contributed by atoms with E-state index in [9.17, 15) is 9.59 Å². The summed E-state index contributed by atoms with van der Waals surface area (Å²) in [5.41, 5.74) is 5.93. The van der Waals surface area contributed by atoms with Gasteiger partial charge in [0.25, 0.3) is 0 Å². The average Bonchev–Trinajstić information content (AvgIpc) is 2.32. The highest BCUT2D eigenvalue weighted by molar-refractivity contribution is 5.85. The molecule has 5 nitrogen and oxygen atoms in total. The van der Waals surface area contributed by atoms with Crippen molar-refractivity contribution in [2.45, 2.75) is 46.1 Å². The number of nitrogens with two attached hydrogens (primary N) is 1. The van der Waals surface area contributed by atoms with Gasteiger partial charge in [0.05, 0.1) is 6.54 Å². The first-order valence-corrected chi connectivity index (χ1v) is 7.18. The SMILES string of the molecule is CC(C)CNC(=O)CNC(=O)C1CC(C)CC(N)C1. The third kappa shape index (κ3) is 6.05. The van der Waals surface area contributed by atoms with E-state index in [1.165, 1.54) is 0 Å². The first-order valence-electron chi connectivity index (χ1n) is 7.18. The van der Waals surface area contributed by atoms with Crippen LogP contribution in [0.2, 0.25) is 0 Å². The van der Waals surface area contributed by atoms with Crippen LogP contribution >= 0.6 is 0 Å². The van der Waals surface area contributed by atoms with E-state index in [0.717, 1.165) is 19.3 Å². The van der Waals surface area contributed by atoms with Crippen molar-refractivity contribution >= 4 is 11.8 Å². The van der Waals surface area contributed by atoms with Gasteiger partial charge in [-0.05, 0) is 31.1 Å². The minimum absolute atomic E-state index is 0.0401. The topological polar surface area (TPSA) is 84.2 Å². The number of hydrogen-bond donors (Lipinski definition) is 3. The molecule has 2 amide bonds. The molecule has 3 unspecified atom stereocenters. The highest BCUT2D eigenvalue weighted by atomic mass is 16.2. The summed E-state index contributed by atoms with van der Waals surface area (Å²) in [6.07, 6.45) is 2.58. The zero-order valence-corrected chi connectivity index (χ0v) is 12.2. The standard InChI is InChI=1S/C14H27N3O2/c1-9(2)7-16-13(18)8-17-14(19)11-4-10(3)5-12(15)6-11/h9-12H,4-8,15H2,1-3H3,(H,16,18)(H,17,19). The summed E-state index contributed by atoms with van der Waals surface area (Å²) in [6, 6.07) is 0.106. The van der Waals surface area contributed by atoms with Crippen LogP contribution in [0.3, 0.4) is 0 Å². The van der Waals surface area contributed by atoms with E-state index >= 15 is 0 Å². The summed E-state index contributed by atoms with van der Waals surface area (Å²) in [6.45, 7) is 6.88. The fraction of sp³-hybridized carbons (Fsp3) is 0.857. The Labute approximate surface area is 115 Å². The van der Waals surface area contributed by atoms with Crippen molar-refractivity contribution in [2.24, 2.45) is 23.5 Å². The van der Waals surface area contributed by atoms with E-state index in [4.69, 9.17) is 5.73 Å². The van der Waals surface area contributed by atoms with E-state index in [1.54, 1.807) is 0 Å². The van der Waals surface area contributed by atoms with Gasteiger partial charge in [0, 0.05) is 18.5 Å². The molecule has 4 N–H and O–H groups in total. The predicted molar refractivity (Wildman–Crippen MR) is 75.3 cm³/mol. The monoisotopic (exact) mass is 269 g/mol. The van der Waals surface area contributed by atoms with Crippen LogP contribution in [-0.2, 0) is 9.59 Å². The minimum atomic E-state index is -0.129. The second-order valence-corrected chi connectivity index (χ2v) is 6.19. The maximum absolute atomic E-state index is 12.0. The number of carbonyl (C=O) groups is 2. The van der Waals surface area contributed by atoms with Crippen molar-refractivity contribution in [1.29, 1.82) is 0 Å². The molecule has 0 spiro atoms. The van der Waals surface area contributed by atoms with Gasteiger partial charge in [0.1, 0.15) is 0 Å². The summed E-state index contributed by atoms with van der Waals surface area (Å²) in [7, 11) is 0. The second-order valence-electron chi connectivity index (χ2n) is 6.19. The van der Waals surface area contributed by atoms with Crippen LogP contribution < -0.4 is 16.4 Å². The molecular weight excluding hydrogens is 242 g/mol. The van der Waals surface area contributed by atoms with Gasteiger partial charge < -0.3 is 16.4 Å². The lowest BCUT2D eigenvalue weighted by atomic mass is 9.79. The third-order valence-electron chi connectivity index (χ3n) is 3.48. The summed E-state index contributed by atoms with van der Waals surface area (Å²) in [4.78, 5) is 23.5. The van der Waals surface area contributed by atoms with Crippen LogP contribution in [0.4, 0.5) is 0 Å². The Kier molecular flexibility index (Phi) is 6.28. The van der Waals surface area contributed by atoms with Crippen LogP contribution in [0.15, 0.2) is 0 Å². The smallest absolute Gasteiger partial charge is 0.239 e. The first kappa shape index (κ1) is 16.0. The number of hydrogen-bond acceptors (Lipinski definition) is 3. The molecule has 0 aliphatic heterocycles. The molecule has 0 aromatic heterocycles. The molecule has 0 aromatic carbocycles. The molecule has 0 saturated heterocycles. The van der Waals surface area contributed by atoms with Crippen molar-refractivity contribution in [3.05, 3.63) is 0 Å². The Morgan fingerprint density at radius 2 is 1.89 bits per heavy atom. The number of carbonyl (C=O) groups excluding carboxylic acids is 2. The fourth-order valence-corrected chi connectivity index (χ4v) is 2.56. The van der Waals surface area contributed by atoms with Crippen LogP contribution in [-0.4, -0.2) is 30.9 Å². The molecule has 1 saturated carbocycles. The number of amides is 2. The van der Waals surface area contributed by atoms with E-state index in [1.807, 2.05) is 13.8 Å². The molecule has 110 valence electrons. The fourth-order valence-electron chi connectivity index (χ4n) is 2.56. The molecule has 1 fully saturated rings. The molecule has 3 atom stereocenters. The maximum Gasteiger partial charge on any atom is 0.239 e. The van der Waals surface area contributed by atoms with Crippen molar-refractivity contribution in [2.75, 3.05) is 13.1 Å². The van der Waals surface area contributed by atoms with Gasteiger partial charge in [-0.1, -0.05) is 20.8 Å². The van der Waals surface area contributed by atoms with Gasteiger partial charge in [-0.15, -0.1) is 0 Å². The highest BCUT2D eigenvalue weighted by Gasteiger charge is 2.29. The maximum atomic E-state index is 12.0. The van der Waals surface area contributed by atoms with E-state index < -0.39 is 0 Å². The third-order valence-corrected chi connectivity index (χ3v) is 3.48. The molecule has 19 heavy (non-hydrogen) atoms. The van der Waals surface area contributed by atoms with Crippen LogP contribution in [0.25, 0.3) is 0 Å². The van der Waals surface area contributed by atoms with Crippen LogP contribution in [0.5, 0.6) is 0 Å². The Balaban J connectivity index is 2.28. The van der Waals surface area contributed by atoms with Gasteiger partial charge in [-0.2, -0.15) is 0 Å². The summed E-state index contributed by atoms with van der Waals surface area (Å²) in [5, 5.41) is 5.49. The van der Waals surface area contributed by atoms with Gasteiger partial charge in [-0.3, -0.25) is 9.59 Å². The molecular formula is C14H27N3O2. The van der Waals surface area contributed by atoms with Crippen molar-refractivity contribution in [3.63, 3.8) is 0 Å². The summed E-state index contributed by atoms with van der Waals surface area (Å²) < 4.78 is 0. The van der Waals surface area contributed by atoms with Crippen LogP contribution in [0, 0.1) is 17.8 Å². The molecule has 0 bridgehead atoms. The van der Waals surface area contributed by atoms with Crippen molar-refractivity contribution in [3.8, 4) is 0 Å². The molecule has 1 rings (SSSR count). The summed E-state index contributed by atoms with van der Waals surface area (Å²) >= 11 is 0. The van der Waals surface area contributed by atoms with Crippen LogP contribution in [0.1, 0.15) is 40.0 Å². The Bertz CT molecular complexity index is 308. The van der Waals surface area contributed by atoms with E-state index in [-0.39, 0.29) is 30.3 Å². The van der Waals surface area contributed by atoms with Gasteiger partial charge >= 0.3 is 0 Å².